The molecule has 0 aromatic heterocycles. The van der Waals surface area contributed by atoms with Crippen LogP contribution in [0.1, 0.15) is 19.4 Å². The van der Waals surface area contributed by atoms with Gasteiger partial charge in [0.1, 0.15) is 12.6 Å². The number of carbonyl (C=O) groups excluding carboxylic acids is 2. The molecule has 132 valence electrons. The molecule has 25 heavy (non-hydrogen) atoms. The second-order valence-electron chi connectivity index (χ2n) is 5.92. The molecule has 6 heteroatoms. The number of amides is 2. The molecule has 1 atom stereocenters. The average Bonchev–Trinajstić information content (AvgIpc) is 2.58. The van der Waals surface area contributed by atoms with Crippen molar-refractivity contribution in [1.82, 2.24) is 5.32 Å². The van der Waals surface area contributed by atoms with Gasteiger partial charge in [-0.15, -0.1) is 0 Å². The standard InChI is InChI=1S/C19H21ClN2O3/c1-13(2)17(22-19(24)21-16-9-4-3-5-10-16)18(23)25-12-14-7-6-8-15(20)11-14/h3-11,13,17H,12H2,1-2H3,(H2,21,22,24)/t17-/m1/s1. The van der Waals surface area contributed by atoms with E-state index in [2.05, 4.69) is 10.6 Å². The first-order chi connectivity index (χ1) is 12.0. The van der Waals surface area contributed by atoms with Gasteiger partial charge in [-0.25, -0.2) is 9.59 Å². The van der Waals surface area contributed by atoms with Gasteiger partial charge in [-0.05, 0) is 35.7 Å². The molecular weight excluding hydrogens is 340 g/mol. The van der Waals surface area contributed by atoms with Crippen molar-refractivity contribution in [3.63, 3.8) is 0 Å². The highest BCUT2D eigenvalue weighted by Gasteiger charge is 2.25. The molecule has 2 amide bonds. The van der Waals surface area contributed by atoms with Gasteiger partial charge >= 0.3 is 12.0 Å². The minimum absolute atomic E-state index is 0.102. The van der Waals surface area contributed by atoms with Crippen LogP contribution in [0.25, 0.3) is 0 Å². The Kier molecular flexibility index (Phi) is 6.83. The van der Waals surface area contributed by atoms with E-state index >= 15 is 0 Å². The lowest BCUT2D eigenvalue weighted by molar-refractivity contribution is -0.148. The van der Waals surface area contributed by atoms with Crippen LogP contribution in [0.15, 0.2) is 54.6 Å². The predicted octanol–water partition coefficient (Wildman–Crippen LogP) is 4.23. The van der Waals surface area contributed by atoms with Crippen LogP contribution in [0.4, 0.5) is 10.5 Å². The zero-order chi connectivity index (χ0) is 18.2. The molecule has 0 aliphatic heterocycles. The quantitative estimate of drug-likeness (QED) is 0.757. The Bertz CT molecular complexity index is 720. The van der Waals surface area contributed by atoms with Crippen molar-refractivity contribution in [3.05, 3.63) is 65.2 Å². The Labute approximate surface area is 152 Å². The van der Waals surface area contributed by atoms with Crippen molar-refractivity contribution in [1.29, 1.82) is 0 Å². The lowest BCUT2D eigenvalue weighted by Gasteiger charge is -2.21. The number of nitrogens with one attached hydrogen (secondary N) is 2. The van der Waals surface area contributed by atoms with E-state index in [9.17, 15) is 9.59 Å². The Hall–Kier alpha value is -2.53. The second-order valence-corrected chi connectivity index (χ2v) is 6.36. The van der Waals surface area contributed by atoms with E-state index < -0.39 is 18.0 Å². The molecule has 2 N–H and O–H groups in total. The summed E-state index contributed by atoms with van der Waals surface area (Å²) in [5.74, 6) is -0.605. The highest BCUT2D eigenvalue weighted by molar-refractivity contribution is 6.30. The molecule has 0 aliphatic carbocycles. The number of benzene rings is 2. The lowest BCUT2D eigenvalue weighted by atomic mass is 10.1. The van der Waals surface area contributed by atoms with Crippen LogP contribution in [0.2, 0.25) is 5.02 Å². The van der Waals surface area contributed by atoms with E-state index in [1.165, 1.54) is 0 Å². The van der Waals surface area contributed by atoms with Crippen LogP contribution in [-0.4, -0.2) is 18.0 Å². The summed E-state index contributed by atoms with van der Waals surface area (Å²) in [6, 6.07) is 14.9. The van der Waals surface area contributed by atoms with E-state index in [-0.39, 0.29) is 12.5 Å². The maximum atomic E-state index is 12.3. The van der Waals surface area contributed by atoms with Gasteiger partial charge < -0.3 is 15.4 Å². The van der Waals surface area contributed by atoms with Gasteiger partial charge in [-0.1, -0.05) is 55.8 Å². The first kappa shape index (κ1) is 18.8. The van der Waals surface area contributed by atoms with Crippen LogP contribution in [0.3, 0.4) is 0 Å². The Morgan fingerprint density at radius 2 is 1.80 bits per heavy atom. The van der Waals surface area contributed by atoms with Crippen LogP contribution in [-0.2, 0) is 16.1 Å². The first-order valence-electron chi connectivity index (χ1n) is 7.99. The number of urea groups is 1. The Balaban J connectivity index is 1.92. The molecule has 0 saturated carbocycles. The van der Waals surface area contributed by atoms with Gasteiger partial charge in [0, 0.05) is 10.7 Å². The van der Waals surface area contributed by atoms with Gasteiger partial charge in [-0.3, -0.25) is 0 Å². The van der Waals surface area contributed by atoms with Crippen LogP contribution >= 0.6 is 11.6 Å². The number of hydrogen-bond donors (Lipinski definition) is 2. The summed E-state index contributed by atoms with van der Waals surface area (Å²) in [7, 11) is 0. The summed E-state index contributed by atoms with van der Waals surface area (Å²) >= 11 is 5.91. The number of rotatable bonds is 6. The molecule has 0 fully saturated rings. The maximum absolute atomic E-state index is 12.3. The van der Waals surface area contributed by atoms with Crippen LogP contribution < -0.4 is 10.6 Å². The van der Waals surface area contributed by atoms with Crippen molar-refractivity contribution in [3.8, 4) is 0 Å². The van der Waals surface area contributed by atoms with Crippen LogP contribution in [0, 0.1) is 5.92 Å². The van der Waals surface area contributed by atoms with Crippen molar-refractivity contribution in [2.24, 2.45) is 5.92 Å². The number of ether oxygens (including phenoxy) is 1. The molecule has 0 heterocycles. The zero-order valence-corrected chi connectivity index (χ0v) is 14.9. The zero-order valence-electron chi connectivity index (χ0n) is 14.2. The van der Waals surface area contributed by atoms with E-state index in [0.717, 1.165) is 5.56 Å². The summed E-state index contributed by atoms with van der Waals surface area (Å²) in [6.07, 6.45) is 0. The highest BCUT2D eigenvalue weighted by Crippen LogP contribution is 2.13. The molecular formula is C19H21ClN2O3. The molecule has 0 radical (unpaired) electrons. The van der Waals surface area contributed by atoms with Crippen molar-refractivity contribution >= 4 is 29.3 Å². The van der Waals surface area contributed by atoms with Gasteiger partial charge in [0.15, 0.2) is 0 Å². The normalized spacial score (nSPS) is 11.7. The molecule has 2 aromatic carbocycles. The van der Waals surface area contributed by atoms with Crippen molar-refractivity contribution < 1.29 is 14.3 Å². The van der Waals surface area contributed by atoms with Gasteiger partial charge in [0.2, 0.25) is 0 Å². The summed E-state index contributed by atoms with van der Waals surface area (Å²) in [5.41, 5.74) is 1.44. The van der Waals surface area contributed by atoms with E-state index in [1.807, 2.05) is 38.1 Å². The fourth-order valence-corrected chi connectivity index (χ4v) is 2.41. The smallest absolute Gasteiger partial charge is 0.329 e. The topological polar surface area (TPSA) is 67.4 Å². The molecule has 0 spiro atoms. The molecule has 0 bridgehead atoms. The fraction of sp³-hybridized carbons (Fsp3) is 0.263. The fourth-order valence-electron chi connectivity index (χ4n) is 2.20. The average molecular weight is 361 g/mol. The van der Waals surface area contributed by atoms with Gasteiger partial charge in [0.25, 0.3) is 0 Å². The van der Waals surface area contributed by atoms with E-state index in [0.29, 0.717) is 10.7 Å². The lowest BCUT2D eigenvalue weighted by Crippen LogP contribution is -2.47. The molecule has 5 nitrogen and oxygen atoms in total. The second kappa shape index (κ2) is 9.08. The van der Waals surface area contributed by atoms with E-state index in [1.54, 1.807) is 30.3 Å². The Morgan fingerprint density at radius 1 is 1.08 bits per heavy atom. The maximum Gasteiger partial charge on any atom is 0.329 e. The molecule has 2 aromatic rings. The van der Waals surface area contributed by atoms with E-state index in [4.69, 9.17) is 16.3 Å². The number of esters is 1. The summed E-state index contributed by atoms with van der Waals surface area (Å²) in [5, 5.41) is 5.93. The first-order valence-corrected chi connectivity index (χ1v) is 8.37. The van der Waals surface area contributed by atoms with Crippen molar-refractivity contribution in [2.45, 2.75) is 26.5 Å². The van der Waals surface area contributed by atoms with Gasteiger partial charge in [-0.2, -0.15) is 0 Å². The third-order valence-corrected chi connectivity index (χ3v) is 3.74. The number of para-hydroxylation sites is 1. The minimum Gasteiger partial charge on any atom is -0.459 e. The molecule has 2 rings (SSSR count). The third kappa shape index (κ3) is 6.12. The Morgan fingerprint density at radius 3 is 2.44 bits per heavy atom. The highest BCUT2D eigenvalue weighted by atomic mass is 35.5. The summed E-state index contributed by atoms with van der Waals surface area (Å²) in [4.78, 5) is 24.4. The molecule has 0 aliphatic rings. The largest absolute Gasteiger partial charge is 0.459 e. The number of carbonyl (C=O) groups is 2. The minimum atomic E-state index is -0.747. The van der Waals surface area contributed by atoms with Gasteiger partial charge in [0.05, 0.1) is 0 Å². The number of anilines is 1. The summed E-state index contributed by atoms with van der Waals surface area (Å²) in [6.45, 7) is 3.78. The monoisotopic (exact) mass is 360 g/mol. The van der Waals surface area contributed by atoms with Crippen LogP contribution in [0.5, 0.6) is 0 Å². The SMILES string of the molecule is CC(C)[C@@H](NC(=O)Nc1ccccc1)C(=O)OCc1cccc(Cl)c1. The third-order valence-electron chi connectivity index (χ3n) is 3.51. The molecule has 0 unspecified atom stereocenters. The molecule has 0 saturated heterocycles. The predicted molar refractivity (Wildman–Crippen MR) is 98.5 cm³/mol. The number of halogens is 1. The number of hydrogen-bond acceptors (Lipinski definition) is 3. The summed E-state index contributed by atoms with van der Waals surface area (Å²) < 4.78 is 5.32. The van der Waals surface area contributed by atoms with Crippen molar-refractivity contribution in [2.75, 3.05) is 5.32 Å².